The van der Waals surface area contributed by atoms with Gasteiger partial charge in [-0.2, -0.15) is 0 Å². The van der Waals surface area contributed by atoms with Crippen molar-refractivity contribution in [1.82, 2.24) is 5.32 Å². The maximum Gasteiger partial charge on any atom is 0.188 e. The molecule has 0 aromatic heterocycles. The van der Waals surface area contributed by atoms with E-state index in [-0.39, 0.29) is 24.0 Å². The zero-order valence-electron chi connectivity index (χ0n) is 13.6. The average molecular weight is 417 g/mol. The van der Waals surface area contributed by atoms with E-state index in [0.717, 1.165) is 36.8 Å². The minimum absolute atomic E-state index is 0. The van der Waals surface area contributed by atoms with Crippen LogP contribution >= 0.6 is 24.0 Å². The lowest BCUT2D eigenvalue weighted by Crippen LogP contribution is -2.37. The van der Waals surface area contributed by atoms with Crippen LogP contribution in [0.15, 0.2) is 23.2 Å². The summed E-state index contributed by atoms with van der Waals surface area (Å²) >= 11 is 0. The second-order valence-corrected chi connectivity index (χ2v) is 5.84. The molecular weight excluding hydrogens is 389 g/mol. The molecule has 2 rings (SSSR count). The number of nitrogens with two attached hydrogens (primary N) is 1. The van der Waals surface area contributed by atoms with Crippen LogP contribution in [0.2, 0.25) is 0 Å². The fourth-order valence-electron chi connectivity index (χ4n) is 2.31. The molecule has 4 nitrogen and oxygen atoms in total. The quantitative estimate of drug-likeness (QED) is 0.405. The Morgan fingerprint density at radius 1 is 1.41 bits per heavy atom. The molecule has 0 atom stereocenters. The van der Waals surface area contributed by atoms with Gasteiger partial charge >= 0.3 is 0 Å². The monoisotopic (exact) mass is 417 g/mol. The molecule has 1 saturated carbocycles. The summed E-state index contributed by atoms with van der Waals surface area (Å²) in [4.78, 5) is 4.43. The Hall–Kier alpha value is -0.980. The number of ether oxygens (including phenoxy) is 1. The van der Waals surface area contributed by atoms with Crippen molar-refractivity contribution in [2.75, 3.05) is 13.2 Å². The van der Waals surface area contributed by atoms with Gasteiger partial charge in [0.05, 0.1) is 13.2 Å². The topological polar surface area (TPSA) is 59.6 Å². The van der Waals surface area contributed by atoms with Crippen molar-refractivity contribution in [1.29, 1.82) is 0 Å². The predicted molar refractivity (Wildman–Crippen MR) is 103 cm³/mol. The van der Waals surface area contributed by atoms with Crippen molar-refractivity contribution in [2.45, 2.75) is 46.1 Å². The Balaban J connectivity index is 0.00000242. The Morgan fingerprint density at radius 3 is 2.82 bits per heavy atom. The van der Waals surface area contributed by atoms with E-state index in [1.807, 2.05) is 0 Å². The molecule has 3 N–H and O–H groups in total. The van der Waals surface area contributed by atoms with Gasteiger partial charge in [0.2, 0.25) is 0 Å². The van der Waals surface area contributed by atoms with E-state index >= 15 is 0 Å². The average Bonchev–Trinajstić information content (AvgIpc) is 2.42. The molecule has 1 fully saturated rings. The molecule has 1 aliphatic carbocycles. The van der Waals surface area contributed by atoms with E-state index in [4.69, 9.17) is 10.5 Å². The van der Waals surface area contributed by atoms with Gasteiger partial charge in [-0.3, -0.25) is 0 Å². The summed E-state index contributed by atoms with van der Waals surface area (Å²) in [5.74, 6) is 2.23. The normalized spacial score (nSPS) is 14.9. The number of benzene rings is 1. The van der Waals surface area contributed by atoms with Crippen molar-refractivity contribution in [2.24, 2.45) is 16.6 Å². The number of nitrogens with zero attached hydrogens (tertiary/aromatic N) is 1. The van der Waals surface area contributed by atoms with Crippen molar-refractivity contribution in [3.8, 4) is 5.75 Å². The summed E-state index contributed by atoms with van der Waals surface area (Å²) in [5, 5.41) is 3.22. The zero-order chi connectivity index (χ0) is 15.1. The first kappa shape index (κ1) is 19.1. The first-order valence-corrected chi connectivity index (χ1v) is 7.95. The minimum atomic E-state index is 0. The number of aryl methyl sites for hydroxylation is 1. The lowest BCUT2D eigenvalue weighted by molar-refractivity contribution is 0.313. The highest BCUT2D eigenvalue weighted by Crippen LogP contribution is 2.25. The van der Waals surface area contributed by atoms with Gasteiger partial charge in [0.1, 0.15) is 5.75 Å². The highest BCUT2D eigenvalue weighted by Gasteiger charge is 2.16. The molecule has 5 heteroatoms. The van der Waals surface area contributed by atoms with Gasteiger partial charge < -0.3 is 15.8 Å². The molecule has 1 aliphatic rings. The van der Waals surface area contributed by atoms with Gasteiger partial charge in [-0.1, -0.05) is 25.5 Å². The number of hydrogen-bond acceptors (Lipinski definition) is 2. The summed E-state index contributed by atoms with van der Waals surface area (Å²) in [6.45, 7) is 6.41. The molecule has 0 heterocycles. The van der Waals surface area contributed by atoms with E-state index in [1.165, 1.54) is 24.8 Å². The molecule has 0 spiro atoms. The summed E-state index contributed by atoms with van der Waals surface area (Å²) in [6, 6.07) is 6.23. The van der Waals surface area contributed by atoms with E-state index in [9.17, 15) is 0 Å². The van der Waals surface area contributed by atoms with Crippen LogP contribution in [0.1, 0.15) is 43.7 Å². The molecule has 0 saturated heterocycles. The second-order valence-electron chi connectivity index (χ2n) is 5.84. The van der Waals surface area contributed by atoms with Gasteiger partial charge in [-0.25, -0.2) is 4.99 Å². The smallest absolute Gasteiger partial charge is 0.188 e. The molecular formula is C17H28IN3O. The fourth-order valence-corrected chi connectivity index (χ4v) is 2.31. The Kier molecular flexibility index (Phi) is 8.60. The SMILES string of the molecule is CCCOc1cc(C)ccc1CN=C(N)NCC1CCC1.I. The zero-order valence-corrected chi connectivity index (χ0v) is 15.9. The second kappa shape index (κ2) is 9.92. The van der Waals surface area contributed by atoms with Gasteiger partial charge in [0.15, 0.2) is 5.96 Å². The predicted octanol–water partition coefficient (Wildman–Crippen LogP) is 3.61. The highest BCUT2D eigenvalue weighted by atomic mass is 127. The van der Waals surface area contributed by atoms with Crippen LogP contribution in [-0.4, -0.2) is 19.1 Å². The molecule has 22 heavy (non-hydrogen) atoms. The number of hydrogen-bond donors (Lipinski definition) is 2. The van der Waals surface area contributed by atoms with Crippen LogP contribution in [0.5, 0.6) is 5.75 Å². The Bertz CT molecular complexity index is 487. The Morgan fingerprint density at radius 2 is 2.18 bits per heavy atom. The summed E-state index contributed by atoms with van der Waals surface area (Å²) < 4.78 is 5.79. The van der Waals surface area contributed by atoms with Crippen LogP contribution in [-0.2, 0) is 6.54 Å². The minimum Gasteiger partial charge on any atom is -0.493 e. The first-order chi connectivity index (χ1) is 10.2. The molecule has 0 radical (unpaired) electrons. The largest absolute Gasteiger partial charge is 0.493 e. The third-order valence-corrected chi connectivity index (χ3v) is 3.90. The molecule has 0 unspecified atom stereocenters. The summed E-state index contributed by atoms with van der Waals surface area (Å²) in [7, 11) is 0. The van der Waals surface area contributed by atoms with E-state index in [2.05, 4.69) is 42.4 Å². The summed E-state index contributed by atoms with van der Waals surface area (Å²) in [5.41, 5.74) is 8.21. The number of rotatable bonds is 7. The van der Waals surface area contributed by atoms with E-state index in [1.54, 1.807) is 0 Å². The third kappa shape index (κ3) is 6.02. The van der Waals surface area contributed by atoms with Crippen LogP contribution in [0, 0.1) is 12.8 Å². The molecule has 0 bridgehead atoms. The molecule has 0 amide bonds. The molecule has 0 aliphatic heterocycles. The summed E-state index contributed by atoms with van der Waals surface area (Å²) in [6.07, 6.45) is 4.98. The number of halogens is 1. The van der Waals surface area contributed by atoms with Crippen LogP contribution in [0.4, 0.5) is 0 Å². The number of aliphatic imine (C=N–C) groups is 1. The van der Waals surface area contributed by atoms with E-state index < -0.39 is 0 Å². The highest BCUT2D eigenvalue weighted by molar-refractivity contribution is 14.0. The lowest BCUT2D eigenvalue weighted by atomic mass is 9.85. The maximum absolute atomic E-state index is 5.93. The lowest BCUT2D eigenvalue weighted by Gasteiger charge is -2.25. The first-order valence-electron chi connectivity index (χ1n) is 7.95. The molecule has 124 valence electrons. The fraction of sp³-hybridized carbons (Fsp3) is 0.588. The number of nitrogens with one attached hydrogen (secondary N) is 1. The van der Waals surface area contributed by atoms with Crippen molar-refractivity contribution in [3.05, 3.63) is 29.3 Å². The number of guanidine groups is 1. The van der Waals surface area contributed by atoms with Crippen LogP contribution < -0.4 is 15.8 Å². The van der Waals surface area contributed by atoms with E-state index in [0.29, 0.717) is 12.5 Å². The Labute approximate surface area is 150 Å². The van der Waals surface area contributed by atoms with Gasteiger partial charge in [0.25, 0.3) is 0 Å². The third-order valence-electron chi connectivity index (χ3n) is 3.90. The van der Waals surface area contributed by atoms with Crippen molar-refractivity contribution in [3.63, 3.8) is 0 Å². The molecule has 1 aromatic carbocycles. The van der Waals surface area contributed by atoms with Gasteiger partial charge in [-0.05, 0) is 43.7 Å². The van der Waals surface area contributed by atoms with Crippen molar-refractivity contribution >= 4 is 29.9 Å². The van der Waals surface area contributed by atoms with Crippen LogP contribution in [0.3, 0.4) is 0 Å². The van der Waals surface area contributed by atoms with Crippen molar-refractivity contribution < 1.29 is 4.74 Å². The molecule has 1 aromatic rings. The maximum atomic E-state index is 5.93. The van der Waals surface area contributed by atoms with Gasteiger partial charge in [0, 0.05) is 12.1 Å². The van der Waals surface area contributed by atoms with Crippen LogP contribution in [0.25, 0.3) is 0 Å². The van der Waals surface area contributed by atoms with Gasteiger partial charge in [-0.15, -0.1) is 24.0 Å². The standard InChI is InChI=1S/C17H27N3O.HI/c1-3-9-21-16-10-13(2)7-8-15(16)12-20-17(18)19-11-14-5-4-6-14;/h7-8,10,14H,3-6,9,11-12H2,1-2H3,(H3,18,19,20);1H.